The molecule has 0 amide bonds. The van der Waals surface area contributed by atoms with Gasteiger partial charge in [-0.15, -0.1) is 0 Å². The second-order valence-electron chi connectivity index (χ2n) is 11.7. The molecule has 0 N–H and O–H groups in total. The molecule has 1 atom stereocenters. The zero-order valence-corrected chi connectivity index (χ0v) is 26.7. The smallest absolute Gasteiger partial charge is 0.0525 e. The highest BCUT2D eigenvalue weighted by atomic mass is 15.2. The molecule has 0 heterocycles. The van der Waals surface area contributed by atoms with Crippen LogP contribution >= 0.6 is 0 Å². The first kappa shape index (κ1) is 31.8. The molecule has 5 aromatic carbocycles. The van der Waals surface area contributed by atoms with Crippen molar-refractivity contribution in [2.45, 2.75) is 31.8 Å². The number of anilines is 5. The van der Waals surface area contributed by atoms with Crippen molar-refractivity contribution in [2.24, 2.45) is 10.2 Å². The molecule has 0 fully saturated rings. The first-order chi connectivity index (χ1) is 23.7. The van der Waals surface area contributed by atoms with E-state index in [9.17, 15) is 0 Å². The standard InChI is InChI=1S/C40H36N8/c1-2-30-14-20-36(21-15-30)48(40-13-7-9-32(27-40)29-44-46-42)38-24-18-34(19-25-38)33-16-22-37(23-17-33)47(35-10-4-3-5-11-35)39-12-6-8-31(26-39)28-43-45-41/h2-6,8,10-12,14-27,40H,1,7,9,13,28-29H2. The Kier molecular flexibility index (Phi) is 10.2. The summed E-state index contributed by atoms with van der Waals surface area (Å²) in [6.07, 6.45) is 7.14. The molecule has 1 aliphatic carbocycles. The zero-order valence-electron chi connectivity index (χ0n) is 26.7. The summed E-state index contributed by atoms with van der Waals surface area (Å²) in [6.45, 7) is 4.62. The summed E-state index contributed by atoms with van der Waals surface area (Å²) in [6, 6.07) is 44.3. The Morgan fingerprint density at radius 3 is 1.90 bits per heavy atom. The monoisotopic (exact) mass is 628 g/mol. The average molecular weight is 629 g/mol. The predicted octanol–water partition coefficient (Wildman–Crippen LogP) is 12.2. The Bertz CT molecular complexity index is 1970. The SMILES string of the molecule is C=Cc1ccc(N(c2ccc(-c3ccc(N(c4ccccc4)c4cccc(CN=[N+]=[N-])c4)cc3)cc2)C2C=C(CN=[N+]=[N-])CCC2)cc1. The van der Waals surface area contributed by atoms with Crippen LogP contribution in [0.25, 0.3) is 38.1 Å². The van der Waals surface area contributed by atoms with Gasteiger partial charge in [-0.2, -0.15) is 0 Å². The molecule has 0 radical (unpaired) electrons. The third-order valence-corrected chi connectivity index (χ3v) is 8.61. The van der Waals surface area contributed by atoms with E-state index >= 15 is 0 Å². The van der Waals surface area contributed by atoms with Crippen LogP contribution in [0.15, 0.2) is 156 Å². The number of hydrogen-bond acceptors (Lipinski definition) is 4. The number of hydrogen-bond donors (Lipinski definition) is 0. The van der Waals surface area contributed by atoms with Crippen molar-refractivity contribution in [1.82, 2.24) is 0 Å². The summed E-state index contributed by atoms with van der Waals surface area (Å²) in [5, 5.41) is 7.58. The molecule has 0 aliphatic heterocycles. The Morgan fingerprint density at radius 1 is 0.667 bits per heavy atom. The second-order valence-corrected chi connectivity index (χ2v) is 11.7. The normalized spacial score (nSPS) is 13.8. The second kappa shape index (κ2) is 15.4. The fourth-order valence-corrected chi connectivity index (χ4v) is 6.29. The highest BCUT2D eigenvalue weighted by Crippen LogP contribution is 2.38. The van der Waals surface area contributed by atoms with E-state index in [1.165, 1.54) is 5.57 Å². The summed E-state index contributed by atoms with van der Waals surface area (Å²) in [7, 11) is 0. The van der Waals surface area contributed by atoms with Gasteiger partial charge in [-0.25, -0.2) is 0 Å². The van der Waals surface area contributed by atoms with Crippen LogP contribution in [0.5, 0.6) is 0 Å². The number of benzene rings is 5. The maximum Gasteiger partial charge on any atom is 0.0525 e. The van der Waals surface area contributed by atoms with Gasteiger partial charge in [0.05, 0.1) is 12.6 Å². The molecule has 0 spiro atoms. The minimum Gasteiger partial charge on any atom is -0.335 e. The van der Waals surface area contributed by atoms with Crippen LogP contribution in [0.3, 0.4) is 0 Å². The highest BCUT2D eigenvalue weighted by molar-refractivity contribution is 5.79. The molecular formula is C40H36N8. The van der Waals surface area contributed by atoms with Gasteiger partial charge in [-0.3, -0.25) is 0 Å². The van der Waals surface area contributed by atoms with E-state index in [2.05, 4.69) is 140 Å². The maximum absolute atomic E-state index is 8.88. The molecule has 236 valence electrons. The van der Waals surface area contributed by atoms with Crippen molar-refractivity contribution in [1.29, 1.82) is 0 Å². The Hall–Kier alpha value is -6.20. The Balaban J connectivity index is 1.30. The molecule has 8 heteroatoms. The third-order valence-electron chi connectivity index (χ3n) is 8.61. The lowest BCUT2D eigenvalue weighted by atomic mass is 9.93. The first-order valence-corrected chi connectivity index (χ1v) is 16.0. The van der Waals surface area contributed by atoms with Crippen LogP contribution in [0.1, 0.15) is 30.4 Å². The molecule has 5 aromatic rings. The van der Waals surface area contributed by atoms with Crippen LogP contribution in [-0.2, 0) is 6.54 Å². The summed E-state index contributed by atoms with van der Waals surface area (Å²) in [5.74, 6) is 0. The molecule has 0 aromatic heterocycles. The van der Waals surface area contributed by atoms with Gasteiger partial charge < -0.3 is 9.80 Å². The summed E-state index contributed by atoms with van der Waals surface area (Å²) < 4.78 is 0. The molecule has 48 heavy (non-hydrogen) atoms. The van der Waals surface area contributed by atoms with Crippen molar-refractivity contribution >= 4 is 34.5 Å². The molecular weight excluding hydrogens is 592 g/mol. The van der Waals surface area contributed by atoms with E-state index < -0.39 is 0 Å². The van der Waals surface area contributed by atoms with Gasteiger partial charge in [0.2, 0.25) is 0 Å². The molecule has 0 saturated carbocycles. The van der Waals surface area contributed by atoms with E-state index in [1.54, 1.807) is 0 Å². The van der Waals surface area contributed by atoms with Crippen LogP contribution < -0.4 is 9.80 Å². The van der Waals surface area contributed by atoms with Gasteiger partial charge in [0, 0.05) is 44.8 Å². The fraction of sp³-hybridized carbons (Fsp3) is 0.150. The molecule has 0 bridgehead atoms. The van der Waals surface area contributed by atoms with Crippen molar-refractivity contribution in [3.8, 4) is 11.1 Å². The van der Waals surface area contributed by atoms with E-state index in [0.29, 0.717) is 13.1 Å². The minimum atomic E-state index is 0.150. The summed E-state index contributed by atoms with van der Waals surface area (Å²) in [5.41, 5.74) is 28.4. The van der Waals surface area contributed by atoms with Gasteiger partial charge >= 0.3 is 0 Å². The van der Waals surface area contributed by atoms with Gasteiger partial charge in [0.1, 0.15) is 0 Å². The van der Waals surface area contributed by atoms with E-state index in [4.69, 9.17) is 11.1 Å². The van der Waals surface area contributed by atoms with Crippen LogP contribution in [-0.4, -0.2) is 12.6 Å². The van der Waals surface area contributed by atoms with Crippen molar-refractivity contribution < 1.29 is 0 Å². The topological polar surface area (TPSA) is 104 Å². The van der Waals surface area contributed by atoms with Crippen molar-refractivity contribution in [3.05, 3.63) is 178 Å². The van der Waals surface area contributed by atoms with Gasteiger partial charge in [0.15, 0.2) is 0 Å². The van der Waals surface area contributed by atoms with Gasteiger partial charge in [-0.05, 0) is 113 Å². The number of para-hydroxylation sites is 1. The summed E-state index contributed by atoms with van der Waals surface area (Å²) in [4.78, 5) is 10.5. The number of rotatable bonds is 12. The third kappa shape index (κ3) is 7.43. The van der Waals surface area contributed by atoms with Gasteiger partial charge in [0.25, 0.3) is 0 Å². The number of nitrogens with zero attached hydrogens (tertiary/aromatic N) is 8. The van der Waals surface area contributed by atoms with E-state index in [0.717, 1.165) is 70.0 Å². The molecule has 6 rings (SSSR count). The molecule has 0 saturated heterocycles. The number of azide groups is 2. The van der Waals surface area contributed by atoms with Crippen molar-refractivity contribution in [3.63, 3.8) is 0 Å². The van der Waals surface area contributed by atoms with Crippen molar-refractivity contribution in [2.75, 3.05) is 16.3 Å². The van der Waals surface area contributed by atoms with Gasteiger partial charge in [-0.1, -0.05) is 101 Å². The van der Waals surface area contributed by atoms with Crippen LogP contribution in [0.4, 0.5) is 28.4 Å². The zero-order chi connectivity index (χ0) is 33.1. The first-order valence-electron chi connectivity index (χ1n) is 16.0. The lowest BCUT2D eigenvalue weighted by Gasteiger charge is -2.35. The van der Waals surface area contributed by atoms with Crippen LogP contribution in [0.2, 0.25) is 0 Å². The van der Waals surface area contributed by atoms with Crippen LogP contribution in [0, 0.1) is 0 Å². The minimum absolute atomic E-state index is 0.150. The highest BCUT2D eigenvalue weighted by Gasteiger charge is 2.23. The van der Waals surface area contributed by atoms with E-state index in [1.807, 2.05) is 36.4 Å². The van der Waals surface area contributed by atoms with E-state index in [-0.39, 0.29) is 6.04 Å². The molecule has 1 unspecified atom stereocenters. The molecule has 8 nitrogen and oxygen atoms in total. The quantitative estimate of drug-likeness (QED) is 0.0593. The lowest BCUT2D eigenvalue weighted by Crippen LogP contribution is -2.31. The summed E-state index contributed by atoms with van der Waals surface area (Å²) >= 11 is 0. The Labute approximate surface area is 281 Å². The Morgan fingerprint density at radius 2 is 1.25 bits per heavy atom. The predicted molar refractivity (Wildman–Crippen MR) is 198 cm³/mol. The fourth-order valence-electron chi connectivity index (χ4n) is 6.29. The molecule has 1 aliphatic rings. The average Bonchev–Trinajstić information content (AvgIpc) is 3.15. The maximum atomic E-state index is 8.88. The lowest BCUT2D eigenvalue weighted by molar-refractivity contribution is 0.608. The largest absolute Gasteiger partial charge is 0.335 e.